The minimum atomic E-state index is -0.438. The molecule has 1 atom stereocenters. The van der Waals surface area contributed by atoms with Gasteiger partial charge in [0.25, 0.3) is 0 Å². The number of hydrogen-bond acceptors (Lipinski definition) is 3. The number of nitrogens with one attached hydrogen (secondary N) is 2. The zero-order valence-electron chi connectivity index (χ0n) is 10.1. The van der Waals surface area contributed by atoms with Crippen molar-refractivity contribution in [3.63, 3.8) is 0 Å². The molecule has 1 aromatic carbocycles. The first-order valence-electron chi connectivity index (χ1n) is 6.06. The summed E-state index contributed by atoms with van der Waals surface area (Å²) < 4.78 is 0. The van der Waals surface area contributed by atoms with Crippen molar-refractivity contribution in [1.29, 1.82) is 0 Å². The molecule has 1 aliphatic heterocycles. The predicted molar refractivity (Wildman–Crippen MR) is 67.8 cm³/mol. The van der Waals surface area contributed by atoms with Gasteiger partial charge in [-0.3, -0.25) is 9.59 Å². The number of hydrogen-bond donors (Lipinski definition) is 3. The first-order valence-corrected chi connectivity index (χ1v) is 6.06. The van der Waals surface area contributed by atoms with Crippen LogP contribution in [0.2, 0.25) is 0 Å². The Labute approximate surface area is 106 Å². The summed E-state index contributed by atoms with van der Waals surface area (Å²) in [5.74, 6) is -0.389. The van der Waals surface area contributed by atoms with Crippen molar-refractivity contribution in [3.05, 3.63) is 35.4 Å². The highest BCUT2D eigenvalue weighted by atomic mass is 16.2. The molecule has 0 aliphatic carbocycles. The summed E-state index contributed by atoms with van der Waals surface area (Å²) in [6.07, 6.45) is 1.84. The van der Waals surface area contributed by atoms with Gasteiger partial charge >= 0.3 is 0 Å². The van der Waals surface area contributed by atoms with Gasteiger partial charge in [0.05, 0.1) is 6.04 Å². The third-order valence-corrected chi connectivity index (χ3v) is 3.05. The Kier molecular flexibility index (Phi) is 3.94. The van der Waals surface area contributed by atoms with Crippen LogP contribution >= 0.6 is 0 Å². The van der Waals surface area contributed by atoms with Crippen molar-refractivity contribution in [3.8, 4) is 0 Å². The van der Waals surface area contributed by atoms with Crippen LogP contribution in [0.1, 0.15) is 28.8 Å². The van der Waals surface area contributed by atoms with Crippen LogP contribution in [0, 0.1) is 0 Å². The molecule has 5 nitrogen and oxygen atoms in total. The molecule has 0 saturated carbocycles. The summed E-state index contributed by atoms with van der Waals surface area (Å²) in [5.41, 5.74) is 6.66. The Bertz CT molecular complexity index is 459. The second-order valence-corrected chi connectivity index (χ2v) is 4.43. The van der Waals surface area contributed by atoms with E-state index >= 15 is 0 Å². The maximum absolute atomic E-state index is 11.5. The van der Waals surface area contributed by atoms with Crippen LogP contribution in [-0.2, 0) is 11.3 Å². The topological polar surface area (TPSA) is 84.2 Å². The van der Waals surface area contributed by atoms with E-state index in [0.717, 1.165) is 24.9 Å². The summed E-state index contributed by atoms with van der Waals surface area (Å²) in [6, 6.07) is 6.98. The Morgan fingerprint density at radius 1 is 1.50 bits per heavy atom. The summed E-state index contributed by atoms with van der Waals surface area (Å²) in [5, 5.41) is 6.01. The van der Waals surface area contributed by atoms with E-state index in [0.29, 0.717) is 12.1 Å². The highest BCUT2D eigenvalue weighted by Crippen LogP contribution is 2.07. The van der Waals surface area contributed by atoms with Gasteiger partial charge in [0.1, 0.15) is 0 Å². The van der Waals surface area contributed by atoms with Crippen LogP contribution in [0.25, 0.3) is 0 Å². The third-order valence-electron chi connectivity index (χ3n) is 3.05. The van der Waals surface area contributed by atoms with Gasteiger partial charge in [-0.15, -0.1) is 0 Å². The molecule has 18 heavy (non-hydrogen) atoms. The third kappa shape index (κ3) is 3.07. The Morgan fingerprint density at radius 3 is 3.06 bits per heavy atom. The van der Waals surface area contributed by atoms with E-state index in [9.17, 15) is 9.59 Å². The van der Waals surface area contributed by atoms with Crippen LogP contribution in [0.3, 0.4) is 0 Å². The van der Waals surface area contributed by atoms with Crippen molar-refractivity contribution in [2.75, 3.05) is 6.54 Å². The molecule has 96 valence electrons. The number of piperidine rings is 1. The molecule has 0 bridgehead atoms. The first kappa shape index (κ1) is 12.6. The van der Waals surface area contributed by atoms with Crippen molar-refractivity contribution in [2.45, 2.75) is 25.4 Å². The number of rotatable bonds is 4. The Hall–Kier alpha value is -1.88. The maximum Gasteiger partial charge on any atom is 0.248 e. The summed E-state index contributed by atoms with van der Waals surface area (Å²) in [4.78, 5) is 22.6. The summed E-state index contributed by atoms with van der Waals surface area (Å²) >= 11 is 0. The minimum Gasteiger partial charge on any atom is -0.366 e. The van der Waals surface area contributed by atoms with Crippen LogP contribution < -0.4 is 16.4 Å². The van der Waals surface area contributed by atoms with Gasteiger partial charge in [-0.05, 0) is 30.5 Å². The average Bonchev–Trinajstić information content (AvgIpc) is 2.38. The lowest BCUT2D eigenvalue weighted by molar-refractivity contribution is -0.124. The SMILES string of the molecule is NC(=O)c1cccc(CNC2CCCNC2=O)c1. The summed E-state index contributed by atoms with van der Waals surface area (Å²) in [7, 11) is 0. The minimum absolute atomic E-state index is 0.0484. The quantitative estimate of drug-likeness (QED) is 0.708. The molecule has 1 unspecified atom stereocenters. The molecule has 2 rings (SSSR count). The number of primary amides is 1. The van der Waals surface area contributed by atoms with Crippen molar-refractivity contribution < 1.29 is 9.59 Å². The van der Waals surface area contributed by atoms with Crippen molar-refractivity contribution >= 4 is 11.8 Å². The summed E-state index contributed by atoms with van der Waals surface area (Å²) in [6.45, 7) is 1.31. The molecule has 0 spiro atoms. The zero-order chi connectivity index (χ0) is 13.0. The van der Waals surface area contributed by atoms with Gasteiger partial charge in [0, 0.05) is 18.7 Å². The number of benzene rings is 1. The molecule has 1 fully saturated rings. The van der Waals surface area contributed by atoms with Gasteiger partial charge in [0.2, 0.25) is 11.8 Å². The molecule has 0 radical (unpaired) electrons. The zero-order valence-corrected chi connectivity index (χ0v) is 10.1. The lowest BCUT2D eigenvalue weighted by Gasteiger charge is -2.22. The van der Waals surface area contributed by atoms with Gasteiger partial charge in [-0.2, -0.15) is 0 Å². The van der Waals surface area contributed by atoms with Crippen LogP contribution in [0.15, 0.2) is 24.3 Å². The number of nitrogens with two attached hydrogens (primary N) is 1. The fraction of sp³-hybridized carbons (Fsp3) is 0.385. The highest BCUT2D eigenvalue weighted by molar-refractivity contribution is 5.92. The highest BCUT2D eigenvalue weighted by Gasteiger charge is 2.20. The van der Waals surface area contributed by atoms with E-state index in [1.54, 1.807) is 18.2 Å². The standard InChI is InChI=1S/C13H17N3O2/c14-12(17)10-4-1-3-9(7-10)8-16-11-5-2-6-15-13(11)18/h1,3-4,7,11,16H,2,5-6,8H2,(H2,14,17)(H,15,18). The molecule has 1 aromatic rings. The molecule has 2 amide bonds. The second-order valence-electron chi connectivity index (χ2n) is 4.43. The number of carbonyl (C=O) groups is 2. The van der Waals surface area contributed by atoms with Crippen LogP contribution in [0.5, 0.6) is 0 Å². The van der Waals surface area contributed by atoms with Gasteiger partial charge < -0.3 is 16.4 Å². The molecule has 1 heterocycles. The monoisotopic (exact) mass is 247 g/mol. The van der Waals surface area contributed by atoms with Crippen LogP contribution in [-0.4, -0.2) is 24.4 Å². The van der Waals surface area contributed by atoms with E-state index in [-0.39, 0.29) is 11.9 Å². The molecule has 5 heteroatoms. The van der Waals surface area contributed by atoms with Crippen molar-refractivity contribution in [1.82, 2.24) is 10.6 Å². The number of amides is 2. The maximum atomic E-state index is 11.5. The lowest BCUT2D eigenvalue weighted by Crippen LogP contribution is -2.47. The fourth-order valence-electron chi connectivity index (χ4n) is 2.04. The van der Waals surface area contributed by atoms with E-state index in [4.69, 9.17) is 5.73 Å². The Balaban J connectivity index is 1.95. The smallest absolute Gasteiger partial charge is 0.248 e. The number of carbonyl (C=O) groups excluding carboxylic acids is 2. The molecule has 1 saturated heterocycles. The molecular weight excluding hydrogens is 230 g/mol. The van der Waals surface area contributed by atoms with Gasteiger partial charge in [-0.1, -0.05) is 12.1 Å². The second kappa shape index (κ2) is 5.64. The molecular formula is C13H17N3O2. The van der Waals surface area contributed by atoms with E-state index < -0.39 is 5.91 Å². The van der Waals surface area contributed by atoms with Gasteiger partial charge in [0.15, 0.2) is 0 Å². The lowest BCUT2D eigenvalue weighted by atomic mass is 10.1. The largest absolute Gasteiger partial charge is 0.366 e. The fourth-order valence-corrected chi connectivity index (χ4v) is 2.04. The van der Waals surface area contributed by atoms with E-state index in [2.05, 4.69) is 10.6 Å². The van der Waals surface area contributed by atoms with Gasteiger partial charge in [-0.25, -0.2) is 0 Å². The van der Waals surface area contributed by atoms with Crippen LogP contribution in [0.4, 0.5) is 0 Å². The molecule has 1 aliphatic rings. The van der Waals surface area contributed by atoms with E-state index in [1.807, 2.05) is 6.07 Å². The first-order chi connectivity index (χ1) is 8.66. The average molecular weight is 247 g/mol. The predicted octanol–water partition coefficient (Wildman–Crippen LogP) is 0.154. The van der Waals surface area contributed by atoms with Crippen molar-refractivity contribution in [2.24, 2.45) is 5.73 Å². The Morgan fingerprint density at radius 2 is 2.33 bits per heavy atom. The molecule has 4 N–H and O–H groups in total. The normalized spacial score (nSPS) is 19.3. The van der Waals surface area contributed by atoms with E-state index in [1.165, 1.54) is 0 Å². The molecule has 0 aromatic heterocycles.